The highest BCUT2D eigenvalue weighted by Crippen LogP contribution is 2.50. The van der Waals surface area contributed by atoms with Crippen molar-refractivity contribution < 1.29 is 44.6 Å². The van der Waals surface area contributed by atoms with Crippen LogP contribution in [0.3, 0.4) is 0 Å². The first-order valence-corrected chi connectivity index (χ1v) is 4.95. The van der Waals surface area contributed by atoms with Crippen LogP contribution >= 0.6 is 0 Å². The van der Waals surface area contributed by atoms with Crippen LogP contribution < -0.4 is 0 Å². The number of allylic oxidation sites excluding steroid dienone is 2. The first kappa shape index (κ1) is 18.8. The van der Waals surface area contributed by atoms with Gasteiger partial charge < -0.3 is 5.11 Å². The molecular formula is C10H9F9O. The molecule has 0 aromatic heterocycles. The zero-order valence-corrected chi connectivity index (χ0v) is 9.62. The van der Waals surface area contributed by atoms with Gasteiger partial charge in [-0.1, -0.05) is 6.08 Å². The van der Waals surface area contributed by atoms with Crippen LogP contribution in [0.5, 0.6) is 0 Å². The summed E-state index contributed by atoms with van der Waals surface area (Å²) in [5, 5.41) is 8.97. The van der Waals surface area contributed by atoms with Crippen LogP contribution in [0.15, 0.2) is 24.6 Å². The molecule has 0 aliphatic heterocycles. The largest absolute Gasteiger partial charge is 0.426 e. The molecular weight excluding hydrogens is 307 g/mol. The van der Waals surface area contributed by atoms with E-state index in [9.17, 15) is 39.5 Å². The maximum Gasteiger partial charge on any atom is 0.426 e. The topological polar surface area (TPSA) is 20.2 Å². The maximum absolute atomic E-state index is 12.7. The van der Waals surface area contributed by atoms with Crippen LogP contribution in [0.1, 0.15) is 12.8 Å². The third-order valence-electron chi connectivity index (χ3n) is 2.54. The summed E-state index contributed by atoms with van der Waals surface area (Å²) in [4.78, 5) is 0. The van der Waals surface area contributed by atoms with Crippen molar-refractivity contribution in [3.8, 4) is 0 Å². The molecule has 0 spiro atoms. The monoisotopic (exact) mass is 316 g/mol. The molecule has 0 saturated carbocycles. The Morgan fingerprint density at radius 3 is 1.65 bits per heavy atom. The van der Waals surface area contributed by atoms with Gasteiger partial charge in [-0.2, -0.15) is 35.1 Å². The molecule has 0 amide bonds. The average Bonchev–Trinajstić information content (AvgIpc) is 2.23. The molecule has 0 heterocycles. The second-order valence-corrected chi connectivity index (χ2v) is 3.85. The fraction of sp³-hybridized carbons (Fsp3) is 0.600. The molecule has 10 heteroatoms. The van der Waals surface area contributed by atoms with Gasteiger partial charge in [0, 0.05) is 12.3 Å². The number of rotatable bonds is 5. The predicted octanol–water partition coefficient (Wildman–Crippen LogP) is 4.50. The van der Waals surface area contributed by atoms with Crippen molar-refractivity contribution in [3.05, 3.63) is 24.6 Å². The van der Waals surface area contributed by atoms with Gasteiger partial charge in [0.25, 0.3) is 5.60 Å². The Kier molecular flexibility index (Phi) is 5.70. The molecule has 0 radical (unpaired) electrons. The molecule has 0 rings (SSSR count). The molecule has 1 atom stereocenters. The van der Waals surface area contributed by atoms with Gasteiger partial charge >= 0.3 is 18.4 Å². The van der Waals surface area contributed by atoms with E-state index in [1.54, 1.807) is 0 Å². The van der Waals surface area contributed by atoms with Crippen molar-refractivity contribution in [2.24, 2.45) is 5.92 Å². The molecule has 0 fully saturated rings. The van der Waals surface area contributed by atoms with Crippen LogP contribution in [-0.4, -0.2) is 23.1 Å². The molecule has 20 heavy (non-hydrogen) atoms. The number of alkyl halides is 6. The van der Waals surface area contributed by atoms with E-state index in [-0.39, 0.29) is 0 Å². The maximum atomic E-state index is 12.7. The molecule has 0 aliphatic carbocycles. The van der Waals surface area contributed by atoms with Gasteiger partial charge in [0.2, 0.25) is 0 Å². The van der Waals surface area contributed by atoms with Crippen molar-refractivity contribution in [2.75, 3.05) is 0 Å². The predicted molar refractivity (Wildman–Crippen MR) is 50.3 cm³/mol. The molecule has 1 N–H and O–H groups in total. The minimum absolute atomic E-state index is 0.538. The molecule has 1 unspecified atom stereocenters. The minimum atomic E-state index is -6.22. The van der Waals surface area contributed by atoms with Gasteiger partial charge in [-0.25, -0.2) is 4.39 Å². The standard InChI is InChI=1S/C10H9F9O/c1-2-3-5(4-6(11)7(12)13)8(20,9(14,15)16)10(17,18)19/h2,5,20H,1,3-4H2. The van der Waals surface area contributed by atoms with Crippen molar-refractivity contribution in [3.63, 3.8) is 0 Å². The van der Waals surface area contributed by atoms with E-state index in [2.05, 4.69) is 6.58 Å². The van der Waals surface area contributed by atoms with Crippen LogP contribution in [0.2, 0.25) is 0 Å². The first-order valence-electron chi connectivity index (χ1n) is 4.95. The molecule has 0 aliphatic rings. The Balaban J connectivity index is 5.82. The van der Waals surface area contributed by atoms with Gasteiger partial charge in [-0.3, -0.25) is 0 Å². The second-order valence-electron chi connectivity index (χ2n) is 3.85. The minimum Gasteiger partial charge on any atom is -0.373 e. The number of hydrogen-bond donors (Lipinski definition) is 1. The van der Waals surface area contributed by atoms with E-state index in [0.717, 1.165) is 0 Å². The highest BCUT2D eigenvalue weighted by atomic mass is 19.4. The Morgan fingerprint density at radius 2 is 1.40 bits per heavy atom. The molecule has 0 aromatic carbocycles. The Labute approximate surface area is 107 Å². The van der Waals surface area contributed by atoms with E-state index in [4.69, 9.17) is 5.11 Å². The molecule has 118 valence electrons. The van der Waals surface area contributed by atoms with E-state index < -0.39 is 48.6 Å². The van der Waals surface area contributed by atoms with Gasteiger partial charge in [0.1, 0.15) is 0 Å². The lowest BCUT2D eigenvalue weighted by Crippen LogP contribution is -2.61. The summed E-state index contributed by atoms with van der Waals surface area (Å²) in [5.74, 6) is -5.37. The zero-order valence-electron chi connectivity index (χ0n) is 9.62. The third-order valence-corrected chi connectivity index (χ3v) is 2.54. The Morgan fingerprint density at radius 1 is 1.00 bits per heavy atom. The first-order chi connectivity index (χ1) is 8.79. The highest BCUT2D eigenvalue weighted by Gasteiger charge is 2.73. The fourth-order valence-corrected chi connectivity index (χ4v) is 1.52. The summed E-state index contributed by atoms with van der Waals surface area (Å²) in [6.45, 7) is 2.86. The Hall–Kier alpha value is -1.19. The lowest BCUT2D eigenvalue weighted by atomic mass is 9.81. The summed E-state index contributed by atoms with van der Waals surface area (Å²) in [6, 6.07) is 0. The van der Waals surface area contributed by atoms with Gasteiger partial charge in [-0.05, 0) is 6.42 Å². The lowest BCUT2D eigenvalue weighted by Gasteiger charge is -2.38. The van der Waals surface area contributed by atoms with Gasteiger partial charge in [0.05, 0.1) is 0 Å². The van der Waals surface area contributed by atoms with E-state index in [1.165, 1.54) is 0 Å². The Bertz CT molecular complexity index is 361. The summed E-state index contributed by atoms with van der Waals surface area (Å²) < 4.78 is 111. The lowest BCUT2D eigenvalue weighted by molar-refractivity contribution is -0.384. The van der Waals surface area contributed by atoms with E-state index >= 15 is 0 Å². The summed E-state index contributed by atoms with van der Waals surface area (Å²) in [7, 11) is 0. The van der Waals surface area contributed by atoms with E-state index in [0.29, 0.717) is 6.08 Å². The third kappa shape index (κ3) is 3.68. The number of halogens is 9. The van der Waals surface area contributed by atoms with Crippen LogP contribution in [0.4, 0.5) is 39.5 Å². The normalized spacial score (nSPS) is 14.9. The number of aliphatic hydroxyl groups is 1. The zero-order chi connectivity index (χ0) is 16.4. The highest BCUT2D eigenvalue weighted by molar-refractivity contribution is 5.06. The fourth-order valence-electron chi connectivity index (χ4n) is 1.52. The molecule has 1 nitrogen and oxygen atoms in total. The average molecular weight is 316 g/mol. The number of hydrogen-bond acceptors (Lipinski definition) is 1. The van der Waals surface area contributed by atoms with Crippen LogP contribution in [0, 0.1) is 5.92 Å². The van der Waals surface area contributed by atoms with Crippen LogP contribution in [-0.2, 0) is 0 Å². The molecule has 0 saturated heterocycles. The van der Waals surface area contributed by atoms with Gasteiger partial charge in [-0.15, -0.1) is 6.58 Å². The SMILES string of the molecule is C=CCC(CC(F)=C(F)F)C(O)(C(F)(F)F)C(F)(F)F. The quantitative estimate of drug-likeness (QED) is 0.585. The smallest absolute Gasteiger partial charge is 0.373 e. The summed E-state index contributed by atoms with van der Waals surface area (Å²) in [6.07, 6.45) is -18.0. The van der Waals surface area contributed by atoms with E-state index in [1.807, 2.05) is 0 Å². The molecule has 0 bridgehead atoms. The molecule has 0 aromatic rings. The van der Waals surface area contributed by atoms with Crippen molar-refractivity contribution in [1.82, 2.24) is 0 Å². The van der Waals surface area contributed by atoms with Crippen molar-refractivity contribution in [2.45, 2.75) is 30.8 Å². The van der Waals surface area contributed by atoms with Crippen molar-refractivity contribution >= 4 is 0 Å². The van der Waals surface area contributed by atoms with Crippen molar-refractivity contribution in [1.29, 1.82) is 0 Å². The second kappa shape index (κ2) is 6.06. The summed E-state index contributed by atoms with van der Waals surface area (Å²) >= 11 is 0. The van der Waals surface area contributed by atoms with Crippen LogP contribution in [0.25, 0.3) is 0 Å². The van der Waals surface area contributed by atoms with Gasteiger partial charge in [0.15, 0.2) is 5.83 Å². The summed E-state index contributed by atoms with van der Waals surface area (Å²) in [5.41, 5.74) is -5.32.